The minimum Gasteiger partial charge on any atom is -0.445 e. The van der Waals surface area contributed by atoms with Crippen LogP contribution in [0.2, 0.25) is 0 Å². The van der Waals surface area contributed by atoms with Crippen LogP contribution < -0.4 is 5.32 Å². The van der Waals surface area contributed by atoms with Crippen LogP contribution in [0.3, 0.4) is 0 Å². The Hall–Kier alpha value is -1.69. The molecule has 20 heavy (non-hydrogen) atoms. The summed E-state index contributed by atoms with van der Waals surface area (Å²) in [6.07, 6.45) is -2.44. The Bertz CT molecular complexity index is 453. The molecule has 0 aliphatic heterocycles. The number of benzene rings is 1. The Balaban J connectivity index is 1.82. The number of carbonyl (C=O) groups is 1. The topological polar surface area (TPSA) is 58.6 Å². The molecule has 1 aromatic carbocycles. The van der Waals surface area contributed by atoms with Gasteiger partial charge in [-0.05, 0) is 18.4 Å². The van der Waals surface area contributed by atoms with E-state index in [0.29, 0.717) is 6.42 Å². The second kappa shape index (κ2) is 6.17. The van der Waals surface area contributed by atoms with E-state index in [1.807, 2.05) is 18.2 Å². The van der Waals surface area contributed by atoms with E-state index in [9.17, 15) is 18.7 Å². The highest BCUT2D eigenvalue weighted by Crippen LogP contribution is 2.33. The van der Waals surface area contributed by atoms with Gasteiger partial charge in [0.2, 0.25) is 0 Å². The van der Waals surface area contributed by atoms with Crippen molar-refractivity contribution in [2.45, 2.75) is 43.9 Å². The Kier molecular flexibility index (Phi) is 4.54. The smallest absolute Gasteiger partial charge is 0.407 e. The third-order valence-corrected chi connectivity index (χ3v) is 3.36. The van der Waals surface area contributed by atoms with Crippen molar-refractivity contribution in [3.8, 4) is 0 Å². The molecular formula is C14H17F2NO3. The largest absolute Gasteiger partial charge is 0.445 e. The maximum absolute atomic E-state index is 13.3. The predicted molar refractivity (Wildman–Crippen MR) is 68.4 cm³/mol. The quantitative estimate of drug-likeness (QED) is 0.897. The van der Waals surface area contributed by atoms with Crippen LogP contribution in [0.5, 0.6) is 0 Å². The number of alkyl carbamates (subject to hydrolysis) is 1. The molecule has 0 bridgehead atoms. The van der Waals surface area contributed by atoms with Gasteiger partial charge in [-0.1, -0.05) is 30.3 Å². The molecule has 1 aliphatic carbocycles. The Morgan fingerprint density at radius 1 is 1.40 bits per heavy atom. The van der Waals surface area contributed by atoms with Gasteiger partial charge in [-0.25, -0.2) is 13.6 Å². The van der Waals surface area contributed by atoms with E-state index in [2.05, 4.69) is 5.32 Å². The van der Waals surface area contributed by atoms with E-state index in [4.69, 9.17) is 4.74 Å². The third kappa shape index (κ3) is 3.66. The summed E-state index contributed by atoms with van der Waals surface area (Å²) >= 11 is 0. The van der Waals surface area contributed by atoms with Gasteiger partial charge in [-0.3, -0.25) is 0 Å². The summed E-state index contributed by atoms with van der Waals surface area (Å²) in [5.41, 5.74) is 0.803. The Morgan fingerprint density at radius 2 is 2.10 bits per heavy atom. The highest BCUT2D eigenvalue weighted by atomic mass is 19.3. The van der Waals surface area contributed by atoms with Gasteiger partial charge in [0.25, 0.3) is 5.92 Å². The fourth-order valence-electron chi connectivity index (χ4n) is 2.23. The number of hydrogen-bond acceptors (Lipinski definition) is 3. The number of carbonyl (C=O) groups excluding carboxylic acids is 1. The number of hydrogen-bond donors (Lipinski definition) is 2. The maximum atomic E-state index is 13.3. The lowest BCUT2D eigenvalue weighted by Gasteiger charge is -2.34. The van der Waals surface area contributed by atoms with Crippen LogP contribution in [-0.4, -0.2) is 29.3 Å². The molecule has 0 aromatic heterocycles. The second-order valence-corrected chi connectivity index (χ2v) is 4.91. The SMILES string of the molecule is O=C(N[C@@H]1CCCC(F)(F)[C@H]1O)OCc1ccccc1. The number of rotatable bonds is 3. The van der Waals surface area contributed by atoms with Crippen LogP contribution in [0.15, 0.2) is 30.3 Å². The van der Waals surface area contributed by atoms with Crippen LogP contribution in [0.4, 0.5) is 13.6 Å². The van der Waals surface area contributed by atoms with Gasteiger partial charge < -0.3 is 15.2 Å². The first kappa shape index (κ1) is 14.7. The molecule has 0 radical (unpaired) electrons. The molecule has 0 spiro atoms. The predicted octanol–water partition coefficient (Wildman–Crippen LogP) is 2.46. The van der Waals surface area contributed by atoms with Crippen LogP contribution in [0, 0.1) is 0 Å². The van der Waals surface area contributed by atoms with E-state index in [0.717, 1.165) is 5.56 Å². The van der Waals surface area contributed by atoms with Crippen molar-refractivity contribution in [3.63, 3.8) is 0 Å². The van der Waals surface area contributed by atoms with Gasteiger partial charge >= 0.3 is 6.09 Å². The fourth-order valence-corrected chi connectivity index (χ4v) is 2.23. The number of aliphatic hydroxyl groups excluding tert-OH is 1. The number of aliphatic hydroxyl groups is 1. The number of amides is 1. The molecule has 1 fully saturated rings. The molecule has 1 aromatic rings. The Labute approximate surface area is 115 Å². The zero-order chi connectivity index (χ0) is 14.6. The van der Waals surface area contributed by atoms with Crippen molar-refractivity contribution in [2.75, 3.05) is 0 Å². The second-order valence-electron chi connectivity index (χ2n) is 4.91. The van der Waals surface area contributed by atoms with E-state index in [-0.39, 0.29) is 19.4 Å². The molecule has 0 saturated heterocycles. The number of halogens is 2. The van der Waals surface area contributed by atoms with Crippen molar-refractivity contribution in [2.24, 2.45) is 0 Å². The van der Waals surface area contributed by atoms with Crippen LogP contribution in [-0.2, 0) is 11.3 Å². The van der Waals surface area contributed by atoms with Gasteiger partial charge in [0.15, 0.2) is 0 Å². The van der Waals surface area contributed by atoms with E-state index < -0.39 is 24.2 Å². The standard InChI is InChI=1S/C14H17F2NO3/c15-14(16)8-4-7-11(12(14)18)17-13(19)20-9-10-5-2-1-3-6-10/h1-3,5-6,11-12,18H,4,7-9H2,(H,17,19)/t11-,12+/m1/s1. The molecule has 2 rings (SSSR count). The molecule has 4 nitrogen and oxygen atoms in total. The van der Waals surface area contributed by atoms with Crippen LogP contribution >= 0.6 is 0 Å². The van der Waals surface area contributed by atoms with Crippen molar-refractivity contribution < 1.29 is 23.4 Å². The lowest BCUT2D eigenvalue weighted by molar-refractivity contribution is -0.142. The summed E-state index contributed by atoms with van der Waals surface area (Å²) in [4.78, 5) is 11.6. The molecule has 0 unspecified atom stereocenters. The monoisotopic (exact) mass is 285 g/mol. The third-order valence-electron chi connectivity index (χ3n) is 3.36. The lowest BCUT2D eigenvalue weighted by Crippen LogP contribution is -2.54. The molecular weight excluding hydrogens is 268 g/mol. The van der Waals surface area contributed by atoms with Gasteiger partial charge in [0.1, 0.15) is 12.7 Å². The Morgan fingerprint density at radius 3 is 2.80 bits per heavy atom. The fraction of sp³-hybridized carbons (Fsp3) is 0.500. The minimum absolute atomic E-state index is 0.0614. The zero-order valence-electron chi connectivity index (χ0n) is 10.9. The van der Waals surface area contributed by atoms with E-state index in [1.54, 1.807) is 12.1 Å². The summed E-state index contributed by atoms with van der Waals surface area (Å²) in [5.74, 6) is -3.16. The summed E-state index contributed by atoms with van der Waals surface area (Å²) in [7, 11) is 0. The lowest BCUT2D eigenvalue weighted by atomic mass is 9.89. The highest BCUT2D eigenvalue weighted by Gasteiger charge is 2.46. The normalized spacial score (nSPS) is 24.9. The summed E-state index contributed by atoms with van der Waals surface area (Å²) in [6.45, 7) is 0.0614. The zero-order valence-corrected chi connectivity index (χ0v) is 10.9. The highest BCUT2D eigenvalue weighted by molar-refractivity contribution is 5.67. The number of ether oxygens (including phenoxy) is 1. The van der Waals surface area contributed by atoms with Crippen molar-refractivity contribution in [3.05, 3.63) is 35.9 Å². The van der Waals surface area contributed by atoms with Gasteiger partial charge in [-0.2, -0.15) is 0 Å². The van der Waals surface area contributed by atoms with Crippen LogP contribution in [0.25, 0.3) is 0 Å². The first-order valence-corrected chi connectivity index (χ1v) is 6.52. The molecule has 1 saturated carbocycles. The van der Waals surface area contributed by atoms with Crippen molar-refractivity contribution in [1.29, 1.82) is 0 Å². The van der Waals surface area contributed by atoms with Crippen LogP contribution in [0.1, 0.15) is 24.8 Å². The molecule has 2 atom stereocenters. The number of alkyl halides is 2. The molecule has 110 valence electrons. The van der Waals surface area contributed by atoms with Gasteiger partial charge in [-0.15, -0.1) is 0 Å². The molecule has 2 N–H and O–H groups in total. The van der Waals surface area contributed by atoms with Gasteiger partial charge in [0.05, 0.1) is 6.04 Å². The molecule has 1 aliphatic rings. The minimum atomic E-state index is -3.16. The first-order valence-electron chi connectivity index (χ1n) is 6.52. The van der Waals surface area contributed by atoms with E-state index in [1.165, 1.54) is 0 Å². The van der Waals surface area contributed by atoms with Crippen molar-refractivity contribution >= 4 is 6.09 Å². The van der Waals surface area contributed by atoms with Crippen molar-refractivity contribution in [1.82, 2.24) is 5.32 Å². The molecule has 6 heteroatoms. The summed E-state index contributed by atoms with van der Waals surface area (Å²) in [5, 5.41) is 11.8. The molecule has 1 amide bonds. The first-order chi connectivity index (χ1) is 9.49. The average Bonchev–Trinajstić information content (AvgIpc) is 2.43. The van der Waals surface area contributed by atoms with E-state index >= 15 is 0 Å². The summed E-state index contributed by atoms with van der Waals surface area (Å²) in [6, 6.07) is 8.06. The summed E-state index contributed by atoms with van der Waals surface area (Å²) < 4.78 is 31.6. The van der Waals surface area contributed by atoms with Gasteiger partial charge in [0, 0.05) is 6.42 Å². The molecule has 0 heterocycles. The number of nitrogens with one attached hydrogen (secondary N) is 1. The maximum Gasteiger partial charge on any atom is 0.407 e. The average molecular weight is 285 g/mol.